The van der Waals surface area contributed by atoms with Crippen LogP contribution in [0.4, 0.5) is 17.1 Å². The van der Waals surface area contributed by atoms with Crippen LogP contribution < -0.4 is 4.90 Å². The molecule has 1 rings (SSSR count). The molecule has 0 amide bonds. The molecule has 0 bridgehead atoms. The van der Waals surface area contributed by atoms with Crippen LogP contribution in [0.5, 0.6) is 0 Å². The van der Waals surface area contributed by atoms with Crippen LogP contribution in [0.15, 0.2) is 6.07 Å². The van der Waals surface area contributed by atoms with E-state index in [1.165, 1.54) is 0 Å². The SMILES string of the molecule is CCCCCc1c(C(=O)O)cc([N+](=O)[O-])c(N(CCC)CCC)c1[N+](=O)[O-]. The van der Waals surface area contributed by atoms with Gasteiger partial charge in [-0.25, -0.2) is 4.79 Å². The van der Waals surface area contributed by atoms with Gasteiger partial charge in [0, 0.05) is 24.7 Å². The molecule has 1 N–H and O–H groups in total. The normalized spacial score (nSPS) is 10.6. The number of rotatable bonds is 12. The fourth-order valence-corrected chi connectivity index (χ4v) is 3.20. The van der Waals surface area contributed by atoms with Gasteiger partial charge >= 0.3 is 17.3 Å². The van der Waals surface area contributed by atoms with Gasteiger partial charge in [-0.15, -0.1) is 0 Å². The van der Waals surface area contributed by atoms with Crippen LogP contribution in [0.1, 0.15) is 68.8 Å². The third-order valence-electron chi connectivity index (χ3n) is 4.30. The van der Waals surface area contributed by atoms with E-state index in [4.69, 9.17) is 0 Å². The van der Waals surface area contributed by atoms with Gasteiger partial charge < -0.3 is 10.0 Å². The molecule has 150 valence electrons. The Morgan fingerprint density at radius 2 is 1.63 bits per heavy atom. The Balaban J connectivity index is 3.83. The van der Waals surface area contributed by atoms with Gasteiger partial charge in [0.05, 0.1) is 15.4 Å². The first-order chi connectivity index (χ1) is 12.8. The number of benzene rings is 1. The minimum absolute atomic E-state index is 0.0683. The molecular weight excluding hydrogens is 354 g/mol. The zero-order valence-corrected chi connectivity index (χ0v) is 16.1. The number of aromatic carboxylic acids is 1. The standard InChI is InChI=1S/C18H27N3O6/c1-4-7-8-9-13-14(18(22)23)12-15(20(24)25)17(16(13)21(26)27)19(10-5-2)11-6-3/h12H,4-11H2,1-3H3,(H,22,23). The van der Waals surface area contributed by atoms with Gasteiger partial charge in [-0.2, -0.15) is 0 Å². The first-order valence-corrected chi connectivity index (χ1v) is 9.26. The largest absolute Gasteiger partial charge is 0.478 e. The second-order valence-electron chi connectivity index (χ2n) is 6.38. The smallest absolute Gasteiger partial charge is 0.336 e. The lowest BCUT2D eigenvalue weighted by Gasteiger charge is -2.24. The molecule has 0 aromatic heterocycles. The number of hydrogen-bond donors (Lipinski definition) is 1. The number of unbranched alkanes of at least 4 members (excludes halogenated alkanes) is 2. The summed E-state index contributed by atoms with van der Waals surface area (Å²) in [6, 6.07) is 0.976. The number of hydrogen-bond acceptors (Lipinski definition) is 6. The van der Waals surface area contributed by atoms with E-state index >= 15 is 0 Å². The van der Waals surface area contributed by atoms with Crippen LogP contribution in [-0.4, -0.2) is 34.0 Å². The molecule has 0 aliphatic carbocycles. The van der Waals surface area contributed by atoms with Crippen LogP contribution in [0.25, 0.3) is 0 Å². The van der Waals surface area contributed by atoms with Crippen molar-refractivity contribution in [3.8, 4) is 0 Å². The highest BCUT2D eigenvalue weighted by molar-refractivity contribution is 5.95. The monoisotopic (exact) mass is 381 g/mol. The lowest BCUT2D eigenvalue weighted by molar-refractivity contribution is -0.393. The Morgan fingerprint density at radius 3 is 2.04 bits per heavy atom. The van der Waals surface area contributed by atoms with E-state index in [1.807, 2.05) is 20.8 Å². The number of nitro benzene ring substituents is 2. The summed E-state index contributed by atoms with van der Waals surface area (Å²) in [5.41, 5.74) is -1.34. The lowest BCUT2D eigenvalue weighted by atomic mass is 9.96. The van der Waals surface area contributed by atoms with E-state index < -0.39 is 27.2 Å². The number of carboxylic acid groups (broad SMARTS) is 1. The summed E-state index contributed by atoms with van der Waals surface area (Å²) in [6.07, 6.45) is 3.74. The molecule has 27 heavy (non-hydrogen) atoms. The summed E-state index contributed by atoms with van der Waals surface area (Å²) in [5, 5.41) is 33.0. The Morgan fingerprint density at radius 1 is 1.04 bits per heavy atom. The first-order valence-electron chi connectivity index (χ1n) is 9.26. The lowest BCUT2D eigenvalue weighted by Crippen LogP contribution is -2.27. The Labute approximate surface area is 158 Å². The van der Waals surface area contributed by atoms with Gasteiger partial charge in [0.15, 0.2) is 5.69 Å². The van der Waals surface area contributed by atoms with Crippen molar-refractivity contribution in [2.45, 2.75) is 59.3 Å². The Hall–Kier alpha value is -2.71. The van der Waals surface area contributed by atoms with Crippen LogP contribution in [-0.2, 0) is 6.42 Å². The first kappa shape index (κ1) is 22.3. The molecule has 9 nitrogen and oxygen atoms in total. The third kappa shape index (κ3) is 5.38. The molecule has 9 heteroatoms. The maximum Gasteiger partial charge on any atom is 0.336 e. The van der Waals surface area contributed by atoms with E-state index in [9.17, 15) is 30.1 Å². The van der Waals surface area contributed by atoms with Gasteiger partial charge in [-0.3, -0.25) is 20.2 Å². The molecule has 0 fully saturated rings. The van der Waals surface area contributed by atoms with Crippen LogP contribution in [0.2, 0.25) is 0 Å². The van der Waals surface area contributed by atoms with Crippen LogP contribution in [0.3, 0.4) is 0 Å². The van der Waals surface area contributed by atoms with Crippen LogP contribution in [0, 0.1) is 20.2 Å². The molecule has 0 aliphatic heterocycles. The quantitative estimate of drug-likeness (QED) is 0.319. The van der Waals surface area contributed by atoms with E-state index in [0.29, 0.717) is 32.4 Å². The van der Waals surface area contributed by atoms with Gasteiger partial charge in [-0.05, 0) is 25.7 Å². The Kier molecular flexibility index (Phi) is 8.64. The molecule has 0 atom stereocenters. The van der Waals surface area contributed by atoms with Gasteiger partial charge in [-0.1, -0.05) is 33.6 Å². The van der Waals surface area contributed by atoms with Crippen molar-refractivity contribution in [1.29, 1.82) is 0 Å². The highest BCUT2D eigenvalue weighted by Crippen LogP contribution is 2.43. The van der Waals surface area contributed by atoms with E-state index in [-0.39, 0.29) is 23.2 Å². The fourth-order valence-electron chi connectivity index (χ4n) is 3.20. The van der Waals surface area contributed by atoms with Crippen molar-refractivity contribution >= 4 is 23.0 Å². The summed E-state index contributed by atoms with van der Waals surface area (Å²) >= 11 is 0. The molecule has 0 saturated carbocycles. The summed E-state index contributed by atoms with van der Waals surface area (Å²) in [5.74, 6) is -1.39. The van der Waals surface area contributed by atoms with E-state index in [1.54, 1.807) is 4.90 Å². The zero-order chi connectivity index (χ0) is 20.6. The summed E-state index contributed by atoms with van der Waals surface area (Å²) < 4.78 is 0. The fraction of sp³-hybridized carbons (Fsp3) is 0.611. The maximum absolute atomic E-state index is 11.9. The van der Waals surface area contributed by atoms with Crippen molar-refractivity contribution < 1.29 is 19.7 Å². The minimum atomic E-state index is -1.39. The molecular formula is C18H27N3O6. The second kappa shape index (κ2) is 10.4. The van der Waals surface area contributed by atoms with Crippen LogP contribution >= 0.6 is 0 Å². The molecule has 0 spiro atoms. The second-order valence-corrected chi connectivity index (χ2v) is 6.38. The van der Waals surface area contributed by atoms with E-state index in [0.717, 1.165) is 18.9 Å². The summed E-state index contributed by atoms with van der Waals surface area (Å²) in [7, 11) is 0. The van der Waals surface area contributed by atoms with E-state index in [2.05, 4.69) is 0 Å². The average Bonchev–Trinajstić information content (AvgIpc) is 2.60. The van der Waals surface area contributed by atoms with Gasteiger partial charge in [0.25, 0.3) is 0 Å². The van der Waals surface area contributed by atoms with Crippen molar-refractivity contribution in [1.82, 2.24) is 0 Å². The zero-order valence-electron chi connectivity index (χ0n) is 16.1. The number of carboxylic acids is 1. The van der Waals surface area contributed by atoms with Crippen molar-refractivity contribution in [3.63, 3.8) is 0 Å². The number of nitro groups is 2. The van der Waals surface area contributed by atoms with Gasteiger partial charge in [0.2, 0.25) is 0 Å². The topological polar surface area (TPSA) is 127 Å². The minimum Gasteiger partial charge on any atom is -0.478 e. The number of nitrogens with zero attached hydrogens (tertiary/aromatic N) is 3. The molecule has 0 aliphatic rings. The Bertz CT molecular complexity index is 699. The van der Waals surface area contributed by atoms with Crippen molar-refractivity contribution in [2.75, 3.05) is 18.0 Å². The average molecular weight is 381 g/mol. The molecule has 0 unspecified atom stereocenters. The van der Waals surface area contributed by atoms with Crippen molar-refractivity contribution in [3.05, 3.63) is 37.4 Å². The summed E-state index contributed by atoms with van der Waals surface area (Å²) in [6.45, 7) is 6.56. The molecule has 0 heterocycles. The third-order valence-corrected chi connectivity index (χ3v) is 4.30. The summed E-state index contributed by atoms with van der Waals surface area (Å²) in [4.78, 5) is 35.4. The highest BCUT2D eigenvalue weighted by Gasteiger charge is 2.36. The molecule has 1 aromatic carbocycles. The number of anilines is 1. The molecule has 0 radical (unpaired) electrons. The van der Waals surface area contributed by atoms with Gasteiger partial charge in [0.1, 0.15) is 0 Å². The molecule has 1 aromatic rings. The maximum atomic E-state index is 11.9. The van der Waals surface area contributed by atoms with Crippen molar-refractivity contribution in [2.24, 2.45) is 0 Å². The predicted molar refractivity (Wildman–Crippen MR) is 103 cm³/mol. The highest BCUT2D eigenvalue weighted by atomic mass is 16.6. The predicted octanol–water partition coefficient (Wildman–Crippen LogP) is 4.56. The molecule has 0 saturated heterocycles. The number of carbonyl (C=O) groups is 1.